The second kappa shape index (κ2) is 9.83. The van der Waals surface area contributed by atoms with Crippen LogP contribution in [0.3, 0.4) is 0 Å². The number of methoxy groups -OCH3 is 2. The Hall–Kier alpha value is -3.71. The Morgan fingerprint density at radius 3 is 2.61 bits per heavy atom. The van der Waals surface area contributed by atoms with Crippen LogP contribution in [0.5, 0.6) is 11.5 Å². The van der Waals surface area contributed by atoms with Gasteiger partial charge in [0.25, 0.3) is 5.91 Å². The molecule has 0 atom stereocenters. The summed E-state index contributed by atoms with van der Waals surface area (Å²) in [5, 5.41) is 0.645. The van der Waals surface area contributed by atoms with Crippen LogP contribution in [0.1, 0.15) is 22.4 Å². The Morgan fingerprint density at radius 2 is 1.88 bits per heavy atom. The molecule has 0 aliphatic carbocycles. The van der Waals surface area contributed by atoms with E-state index in [0.717, 1.165) is 27.0 Å². The second-order valence-corrected chi connectivity index (χ2v) is 8.63. The number of aromatic nitrogens is 2. The van der Waals surface area contributed by atoms with Crippen LogP contribution in [0, 0.1) is 13.8 Å². The van der Waals surface area contributed by atoms with Gasteiger partial charge in [0.2, 0.25) is 0 Å². The number of carbonyl (C=O) groups is 1. The minimum absolute atomic E-state index is 0.177. The van der Waals surface area contributed by atoms with E-state index in [0.29, 0.717) is 23.2 Å². The number of ether oxygens (including phenoxy) is 2. The molecule has 6 nitrogen and oxygen atoms in total. The Labute approximate surface area is 197 Å². The minimum Gasteiger partial charge on any atom is -0.493 e. The highest BCUT2D eigenvalue weighted by Crippen LogP contribution is 2.33. The highest BCUT2D eigenvalue weighted by molar-refractivity contribution is 7.22. The van der Waals surface area contributed by atoms with Crippen molar-refractivity contribution < 1.29 is 14.3 Å². The molecule has 168 valence electrons. The van der Waals surface area contributed by atoms with Gasteiger partial charge in [-0.05, 0) is 66.9 Å². The first-order valence-corrected chi connectivity index (χ1v) is 11.3. The molecule has 0 fully saturated rings. The van der Waals surface area contributed by atoms with Crippen molar-refractivity contribution in [2.45, 2.75) is 20.4 Å². The van der Waals surface area contributed by atoms with Gasteiger partial charge in [0.1, 0.15) is 0 Å². The Balaban J connectivity index is 1.68. The average molecular weight is 460 g/mol. The van der Waals surface area contributed by atoms with E-state index < -0.39 is 0 Å². The summed E-state index contributed by atoms with van der Waals surface area (Å²) in [5.74, 6) is 1.07. The number of pyridine rings is 1. The van der Waals surface area contributed by atoms with Crippen molar-refractivity contribution in [3.63, 3.8) is 0 Å². The summed E-state index contributed by atoms with van der Waals surface area (Å²) in [7, 11) is 3.18. The van der Waals surface area contributed by atoms with Crippen LogP contribution in [-0.2, 0) is 11.3 Å². The number of aryl methyl sites for hydroxylation is 2. The molecule has 2 aromatic carbocycles. The molecule has 0 unspecified atom stereocenters. The highest BCUT2D eigenvalue weighted by atomic mass is 32.1. The fourth-order valence-electron chi connectivity index (χ4n) is 3.58. The first-order valence-electron chi connectivity index (χ1n) is 10.5. The Bertz CT molecular complexity index is 1320. The van der Waals surface area contributed by atoms with Gasteiger partial charge >= 0.3 is 0 Å². The van der Waals surface area contributed by atoms with E-state index >= 15 is 0 Å². The number of hydrogen-bond donors (Lipinski definition) is 0. The fraction of sp³-hybridized carbons (Fsp3) is 0.192. The maximum atomic E-state index is 13.3. The van der Waals surface area contributed by atoms with Crippen LogP contribution < -0.4 is 14.4 Å². The number of nitrogens with zero attached hydrogens (tertiary/aromatic N) is 3. The number of fused-ring (bicyclic) bond motifs is 1. The third-order valence-corrected chi connectivity index (χ3v) is 6.21. The Morgan fingerprint density at radius 1 is 1.06 bits per heavy atom. The fourth-order valence-corrected chi connectivity index (χ4v) is 4.73. The van der Waals surface area contributed by atoms with Gasteiger partial charge in [-0.3, -0.25) is 14.7 Å². The van der Waals surface area contributed by atoms with Crippen LogP contribution >= 0.6 is 11.3 Å². The zero-order chi connectivity index (χ0) is 23.4. The van der Waals surface area contributed by atoms with Gasteiger partial charge in [-0.1, -0.05) is 29.5 Å². The van der Waals surface area contributed by atoms with Crippen molar-refractivity contribution >= 4 is 38.7 Å². The van der Waals surface area contributed by atoms with Gasteiger partial charge < -0.3 is 9.47 Å². The molecule has 0 spiro atoms. The first kappa shape index (κ1) is 22.5. The molecule has 1 amide bonds. The van der Waals surface area contributed by atoms with E-state index in [2.05, 4.69) is 24.0 Å². The summed E-state index contributed by atoms with van der Waals surface area (Å²) in [6.45, 7) is 4.43. The number of amides is 1. The second-order valence-electron chi connectivity index (χ2n) is 7.62. The van der Waals surface area contributed by atoms with Gasteiger partial charge in [-0.15, -0.1) is 0 Å². The van der Waals surface area contributed by atoms with Crippen molar-refractivity contribution in [3.8, 4) is 11.5 Å². The topological polar surface area (TPSA) is 64.5 Å². The van der Waals surface area contributed by atoms with Gasteiger partial charge in [0, 0.05) is 12.3 Å². The van der Waals surface area contributed by atoms with Crippen molar-refractivity contribution in [1.82, 2.24) is 9.97 Å². The van der Waals surface area contributed by atoms with Crippen molar-refractivity contribution in [3.05, 3.63) is 83.2 Å². The molecule has 2 aromatic heterocycles. The number of benzene rings is 2. The van der Waals surface area contributed by atoms with Crippen molar-refractivity contribution in [1.29, 1.82) is 0 Å². The molecule has 33 heavy (non-hydrogen) atoms. The third kappa shape index (κ3) is 5.04. The quantitative estimate of drug-likeness (QED) is 0.338. The van der Waals surface area contributed by atoms with Crippen molar-refractivity contribution in [2.24, 2.45) is 0 Å². The predicted octanol–water partition coefficient (Wildman–Crippen LogP) is 5.57. The van der Waals surface area contributed by atoms with Crippen LogP contribution in [-0.4, -0.2) is 30.1 Å². The molecule has 4 rings (SSSR count). The van der Waals surface area contributed by atoms with Crippen LogP contribution in [0.4, 0.5) is 5.13 Å². The molecular weight excluding hydrogens is 434 g/mol. The number of thiazole rings is 1. The lowest BCUT2D eigenvalue weighted by atomic mass is 10.1. The molecule has 0 radical (unpaired) electrons. The molecule has 0 saturated carbocycles. The molecule has 0 saturated heterocycles. The average Bonchev–Trinajstić information content (AvgIpc) is 3.25. The molecule has 0 aliphatic rings. The first-order chi connectivity index (χ1) is 16.0. The Kier molecular flexibility index (Phi) is 6.70. The summed E-state index contributed by atoms with van der Waals surface area (Å²) in [6.07, 6.45) is 5.04. The third-order valence-electron chi connectivity index (χ3n) is 5.19. The smallest absolute Gasteiger partial charge is 0.253 e. The number of rotatable bonds is 7. The molecule has 4 aromatic rings. The zero-order valence-corrected chi connectivity index (χ0v) is 19.8. The lowest BCUT2D eigenvalue weighted by molar-refractivity contribution is -0.114. The molecule has 7 heteroatoms. The summed E-state index contributed by atoms with van der Waals surface area (Å²) < 4.78 is 11.7. The van der Waals surface area contributed by atoms with E-state index in [1.807, 2.05) is 43.3 Å². The maximum Gasteiger partial charge on any atom is 0.253 e. The summed E-state index contributed by atoms with van der Waals surface area (Å²) in [6, 6.07) is 15.4. The van der Waals surface area contributed by atoms with Gasteiger partial charge in [-0.2, -0.15) is 0 Å². The van der Waals surface area contributed by atoms with E-state index in [9.17, 15) is 4.79 Å². The highest BCUT2D eigenvalue weighted by Gasteiger charge is 2.20. The molecule has 0 aliphatic heterocycles. The largest absolute Gasteiger partial charge is 0.493 e. The van der Waals surface area contributed by atoms with Crippen LogP contribution in [0.25, 0.3) is 16.3 Å². The van der Waals surface area contributed by atoms with Crippen LogP contribution in [0.15, 0.2) is 60.8 Å². The van der Waals surface area contributed by atoms with E-state index in [4.69, 9.17) is 14.5 Å². The lowest BCUT2D eigenvalue weighted by Crippen LogP contribution is -2.29. The number of hydrogen-bond acceptors (Lipinski definition) is 6. The zero-order valence-electron chi connectivity index (χ0n) is 19.0. The number of carbonyl (C=O) groups excluding carboxylic acids is 1. The minimum atomic E-state index is -0.177. The SMILES string of the molecule is COc1ccc(/C=C/C(=O)N(Cc2ccccn2)c2nc3c(C)cc(C)cc3s2)cc1OC. The van der Waals surface area contributed by atoms with E-state index in [-0.39, 0.29) is 5.91 Å². The lowest BCUT2D eigenvalue weighted by Gasteiger charge is -2.17. The van der Waals surface area contributed by atoms with Gasteiger partial charge in [0.15, 0.2) is 16.6 Å². The number of anilines is 1. The van der Waals surface area contributed by atoms with Gasteiger partial charge in [0.05, 0.1) is 36.7 Å². The molecular formula is C26H25N3O3S. The van der Waals surface area contributed by atoms with E-state index in [1.54, 1.807) is 37.5 Å². The molecule has 0 N–H and O–H groups in total. The molecule has 2 heterocycles. The van der Waals surface area contributed by atoms with Crippen LogP contribution in [0.2, 0.25) is 0 Å². The maximum absolute atomic E-state index is 13.3. The normalized spacial score (nSPS) is 11.2. The van der Waals surface area contributed by atoms with Gasteiger partial charge in [-0.25, -0.2) is 4.98 Å². The van der Waals surface area contributed by atoms with E-state index in [1.165, 1.54) is 16.9 Å². The summed E-state index contributed by atoms with van der Waals surface area (Å²) in [4.78, 5) is 24.2. The predicted molar refractivity (Wildman–Crippen MR) is 133 cm³/mol. The van der Waals surface area contributed by atoms with Crippen molar-refractivity contribution in [2.75, 3.05) is 19.1 Å². The standard InChI is InChI=1S/C26H25N3O3S/c1-17-13-18(2)25-23(14-17)33-26(28-25)29(16-20-7-5-6-12-27-20)24(30)11-9-19-8-10-21(31-3)22(15-19)32-4/h5-15H,16H2,1-4H3/b11-9+. The summed E-state index contributed by atoms with van der Waals surface area (Å²) in [5.41, 5.74) is 4.81. The molecule has 0 bridgehead atoms. The summed E-state index contributed by atoms with van der Waals surface area (Å²) >= 11 is 1.51. The monoisotopic (exact) mass is 459 g/mol.